The van der Waals surface area contributed by atoms with Crippen molar-refractivity contribution in [1.29, 1.82) is 0 Å². The Kier molecular flexibility index (Phi) is 4.15. The van der Waals surface area contributed by atoms with E-state index in [4.69, 9.17) is 9.15 Å². The zero-order valence-electron chi connectivity index (χ0n) is 9.43. The predicted molar refractivity (Wildman–Crippen MR) is 67.5 cm³/mol. The second kappa shape index (κ2) is 5.62. The van der Waals surface area contributed by atoms with Gasteiger partial charge in [0.15, 0.2) is 11.4 Å². The number of methoxy groups -OCH3 is 1. The van der Waals surface area contributed by atoms with Crippen LogP contribution in [0.3, 0.4) is 0 Å². The lowest BCUT2D eigenvalue weighted by atomic mass is 10.2. The molecule has 17 heavy (non-hydrogen) atoms. The van der Waals surface area contributed by atoms with Crippen molar-refractivity contribution in [2.24, 2.45) is 0 Å². The highest BCUT2D eigenvalue weighted by Crippen LogP contribution is 2.27. The Morgan fingerprint density at radius 2 is 2.29 bits per heavy atom. The van der Waals surface area contributed by atoms with Crippen LogP contribution in [0.2, 0.25) is 0 Å². The highest BCUT2D eigenvalue weighted by atomic mass is 79.9. The van der Waals surface area contributed by atoms with Crippen molar-refractivity contribution >= 4 is 26.9 Å². The summed E-state index contributed by atoms with van der Waals surface area (Å²) in [5.74, 6) is -0.350. The maximum atomic E-state index is 13.5. The molecule has 0 saturated heterocycles. The molecule has 92 valence electrons. The minimum atomic E-state index is -0.350. The second-order valence-electron chi connectivity index (χ2n) is 3.69. The summed E-state index contributed by atoms with van der Waals surface area (Å²) in [5.41, 5.74) is 1.24. The van der Waals surface area contributed by atoms with Gasteiger partial charge in [-0.25, -0.2) is 4.39 Å². The summed E-state index contributed by atoms with van der Waals surface area (Å²) in [6.07, 6.45) is 1.58. The smallest absolute Gasteiger partial charge is 0.169 e. The van der Waals surface area contributed by atoms with Crippen LogP contribution in [-0.2, 0) is 11.3 Å². The third-order valence-electron chi connectivity index (χ3n) is 2.47. The maximum absolute atomic E-state index is 13.5. The molecule has 0 aliphatic heterocycles. The van der Waals surface area contributed by atoms with Gasteiger partial charge >= 0.3 is 0 Å². The van der Waals surface area contributed by atoms with Crippen molar-refractivity contribution in [2.45, 2.75) is 6.54 Å². The lowest BCUT2D eigenvalue weighted by Gasteiger charge is -2.02. The number of furan rings is 1. The van der Waals surface area contributed by atoms with Gasteiger partial charge in [0.25, 0.3) is 0 Å². The van der Waals surface area contributed by atoms with E-state index in [0.29, 0.717) is 23.2 Å². The summed E-state index contributed by atoms with van der Waals surface area (Å²) in [6.45, 7) is 2.03. The first-order chi connectivity index (χ1) is 8.22. The van der Waals surface area contributed by atoms with Crippen molar-refractivity contribution in [2.75, 3.05) is 20.3 Å². The normalized spacial score (nSPS) is 11.2. The third kappa shape index (κ3) is 2.86. The SMILES string of the molecule is COCCNCc1coc2c(F)cc(Br)cc12. The molecule has 1 aromatic carbocycles. The molecule has 0 spiro atoms. The van der Waals surface area contributed by atoms with Crippen LogP contribution < -0.4 is 5.32 Å². The summed E-state index contributed by atoms with van der Waals surface area (Å²) in [5, 5.41) is 3.99. The topological polar surface area (TPSA) is 34.4 Å². The monoisotopic (exact) mass is 301 g/mol. The van der Waals surface area contributed by atoms with E-state index in [2.05, 4.69) is 21.2 Å². The average Bonchev–Trinajstić information content (AvgIpc) is 2.68. The molecular weight excluding hydrogens is 289 g/mol. The fraction of sp³-hybridized carbons (Fsp3) is 0.333. The number of nitrogens with one attached hydrogen (secondary N) is 1. The summed E-state index contributed by atoms with van der Waals surface area (Å²) in [6, 6.07) is 3.25. The minimum Gasteiger partial charge on any atom is -0.461 e. The average molecular weight is 302 g/mol. The van der Waals surface area contributed by atoms with Crippen LogP contribution in [0.1, 0.15) is 5.56 Å². The van der Waals surface area contributed by atoms with Gasteiger partial charge in [0.05, 0.1) is 12.9 Å². The maximum Gasteiger partial charge on any atom is 0.169 e. The Morgan fingerprint density at radius 3 is 3.06 bits per heavy atom. The largest absolute Gasteiger partial charge is 0.461 e. The molecule has 0 amide bonds. The van der Waals surface area contributed by atoms with Gasteiger partial charge in [0.2, 0.25) is 0 Å². The fourth-order valence-corrected chi connectivity index (χ4v) is 2.08. The molecule has 0 saturated carbocycles. The van der Waals surface area contributed by atoms with Crippen LogP contribution in [0.4, 0.5) is 4.39 Å². The Bertz CT molecular complexity index is 512. The third-order valence-corrected chi connectivity index (χ3v) is 2.93. The van der Waals surface area contributed by atoms with Crippen LogP contribution in [0.5, 0.6) is 0 Å². The standard InChI is InChI=1S/C12H13BrFNO2/c1-16-3-2-15-6-8-7-17-12-10(8)4-9(13)5-11(12)14/h4-5,7,15H,2-3,6H2,1H3. The van der Waals surface area contributed by atoms with E-state index in [1.807, 2.05) is 6.07 Å². The lowest BCUT2D eigenvalue weighted by molar-refractivity contribution is 0.199. The molecular formula is C12H13BrFNO2. The van der Waals surface area contributed by atoms with E-state index in [9.17, 15) is 4.39 Å². The molecule has 0 fully saturated rings. The molecule has 0 aliphatic carbocycles. The number of hydrogen-bond donors (Lipinski definition) is 1. The molecule has 3 nitrogen and oxygen atoms in total. The highest BCUT2D eigenvalue weighted by molar-refractivity contribution is 9.10. The van der Waals surface area contributed by atoms with Gasteiger partial charge in [-0.3, -0.25) is 0 Å². The second-order valence-corrected chi connectivity index (χ2v) is 4.61. The van der Waals surface area contributed by atoms with Crippen LogP contribution in [0, 0.1) is 5.82 Å². The van der Waals surface area contributed by atoms with Gasteiger partial charge in [-0.05, 0) is 12.1 Å². The van der Waals surface area contributed by atoms with Crippen molar-refractivity contribution in [1.82, 2.24) is 5.32 Å². The van der Waals surface area contributed by atoms with E-state index in [-0.39, 0.29) is 5.82 Å². The number of ether oxygens (including phenoxy) is 1. The highest BCUT2D eigenvalue weighted by Gasteiger charge is 2.10. The fourth-order valence-electron chi connectivity index (χ4n) is 1.65. The Balaban J connectivity index is 2.18. The molecule has 0 aliphatic rings. The van der Waals surface area contributed by atoms with Crippen LogP contribution in [0.15, 0.2) is 27.3 Å². The van der Waals surface area contributed by atoms with E-state index in [0.717, 1.165) is 17.5 Å². The summed E-state index contributed by atoms with van der Waals surface area (Å²) >= 11 is 3.27. The predicted octanol–water partition coefficient (Wildman–Crippen LogP) is 3.07. The lowest BCUT2D eigenvalue weighted by Crippen LogP contribution is -2.18. The van der Waals surface area contributed by atoms with Gasteiger partial charge in [-0.2, -0.15) is 0 Å². The molecule has 2 aromatic rings. The molecule has 1 aromatic heterocycles. The molecule has 0 atom stereocenters. The molecule has 2 rings (SSSR count). The Morgan fingerprint density at radius 1 is 1.47 bits per heavy atom. The Labute approximate surface area is 107 Å². The summed E-state index contributed by atoms with van der Waals surface area (Å²) in [7, 11) is 1.65. The number of benzene rings is 1. The Hall–Kier alpha value is -0.910. The first kappa shape index (κ1) is 12.5. The van der Waals surface area contributed by atoms with Crippen molar-refractivity contribution in [3.05, 3.63) is 34.2 Å². The molecule has 1 N–H and O–H groups in total. The van der Waals surface area contributed by atoms with Gasteiger partial charge in [-0.1, -0.05) is 15.9 Å². The van der Waals surface area contributed by atoms with Gasteiger partial charge in [0.1, 0.15) is 0 Å². The molecule has 0 bridgehead atoms. The number of rotatable bonds is 5. The minimum absolute atomic E-state index is 0.303. The van der Waals surface area contributed by atoms with Crippen molar-refractivity contribution < 1.29 is 13.5 Å². The van der Waals surface area contributed by atoms with Gasteiger partial charge in [0, 0.05) is 35.6 Å². The van der Waals surface area contributed by atoms with E-state index in [1.165, 1.54) is 6.07 Å². The quantitative estimate of drug-likeness (QED) is 0.862. The summed E-state index contributed by atoms with van der Waals surface area (Å²) in [4.78, 5) is 0. The summed E-state index contributed by atoms with van der Waals surface area (Å²) < 4.78 is 24.4. The van der Waals surface area contributed by atoms with Crippen LogP contribution in [0.25, 0.3) is 11.0 Å². The molecule has 5 heteroatoms. The number of fused-ring (bicyclic) bond motifs is 1. The zero-order chi connectivity index (χ0) is 12.3. The zero-order valence-corrected chi connectivity index (χ0v) is 11.0. The van der Waals surface area contributed by atoms with Crippen LogP contribution >= 0.6 is 15.9 Å². The van der Waals surface area contributed by atoms with E-state index < -0.39 is 0 Å². The van der Waals surface area contributed by atoms with E-state index >= 15 is 0 Å². The van der Waals surface area contributed by atoms with Gasteiger partial charge in [-0.15, -0.1) is 0 Å². The van der Waals surface area contributed by atoms with E-state index in [1.54, 1.807) is 13.4 Å². The first-order valence-corrected chi connectivity index (χ1v) is 6.06. The number of hydrogen-bond acceptors (Lipinski definition) is 3. The van der Waals surface area contributed by atoms with Gasteiger partial charge < -0.3 is 14.5 Å². The molecule has 1 heterocycles. The molecule has 0 unspecified atom stereocenters. The van der Waals surface area contributed by atoms with Crippen molar-refractivity contribution in [3.8, 4) is 0 Å². The van der Waals surface area contributed by atoms with Crippen molar-refractivity contribution in [3.63, 3.8) is 0 Å². The van der Waals surface area contributed by atoms with Crippen LogP contribution in [-0.4, -0.2) is 20.3 Å². The first-order valence-electron chi connectivity index (χ1n) is 5.27. The number of halogens is 2. The molecule has 0 radical (unpaired) electrons.